The average molecular weight is 250 g/mol. The zero-order chi connectivity index (χ0) is 12.3. The molecule has 0 bridgehead atoms. The molecule has 0 aromatic carbocycles. The van der Waals surface area contributed by atoms with E-state index in [0.717, 1.165) is 23.0 Å². The second-order valence-corrected chi connectivity index (χ2v) is 4.44. The molecule has 0 aliphatic heterocycles. The highest BCUT2D eigenvalue weighted by molar-refractivity contribution is 7.99. The fraction of sp³-hybridized carbons (Fsp3) is 0.364. The van der Waals surface area contributed by atoms with Gasteiger partial charge in [0.2, 0.25) is 5.95 Å². The van der Waals surface area contributed by atoms with Crippen molar-refractivity contribution in [3.8, 4) is 0 Å². The minimum absolute atomic E-state index is 0.612. The molecular weight excluding hydrogens is 236 g/mol. The van der Waals surface area contributed by atoms with Crippen molar-refractivity contribution in [2.24, 2.45) is 0 Å². The predicted octanol–water partition coefficient (Wildman–Crippen LogP) is 2.66. The number of aromatic nitrogens is 3. The number of aryl methyl sites for hydroxylation is 2. The second-order valence-electron chi connectivity index (χ2n) is 3.47. The summed E-state index contributed by atoms with van der Waals surface area (Å²) in [6.07, 6.45) is 1.72. The lowest BCUT2D eigenvalue weighted by molar-refractivity contribution is 0.431. The molecule has 0 saturated carbocycles. The summed E-state index contributed by atoms with van der Waals surface area (Å²) >= 11 is 1.39. The van der Waals surface area contributed by atoms with Gasteiger partial charge in [0.25, 0.3) is 5.22 Å². The van der Waals surface area contributed by atoms with Crippen LogP contribution in [0, 0.1) is 13.8 Å². The van der Waals surface area contributed by atoms with E-state index in [2.05, 4.69) is 20.3 Å². The second kappa shape index (κ2) is 5.18. The Morgan fingerprint density at radius 1 is 1.35 bits per heavy atom. The molecule has 0 fully saturated rings. The van der Waals surface area contributed by atoms with Crippen molar-refractivity contribution >= 4 is 17.7 Å². The lowest BCUT2D eigenvalue weighted by Crippen LogP contribution is -2.01. The lowest BCUT2D eigenvalue weighted by Gasteiger charge is -2.01. The van der Waals surface area contributed by atoms with Crippen molar-refractivity contribution in [3.05, 3.63) is 23.7 Å². The van der Waals surface area contributed by atoms with Crippen LogP contribution in [0.25, 0.3) is 0 Å². The Labute approximate surface area is 104 Å². The third kappa shape index (κ3) is 2.97. The van der Waals surface area contributed by atoms with Crippen LogP contribution in [0.5, 0.6) is 0 Å². The molecule has 0 spiro atoms. The largest absolute Gasteiger partial charge is 0.436 e. The molecule has 17 heavy (non-hydrogen) atoms. The van der Waals surface area contributed by atoms with Crippen LogP contribution in [-0.2, 0) is 0 Å². The SMILES string of the molecule is CCNc1nccc(Sc2nc(C)c(C)o2)n1. The smallest absolute Gasteiger partial charge is 0.262 e. The van der Waals surface area contributed by atoms with Crippen molar-refractivity contribution < 1.29 is 4.42 Å². The Kier molecular flexibility index (Phi) is 3.63. The minimum atomic E-state index is 0.612. The molecule has 6 heteroatoms. The number of anilines is 1. The van der Waals surface area contributed by atoms with Crippen LogP contribution in [0.15, 0.2) is 26.9 Å². The fourth-order valence-electron chi connectivity index (χ4n) is 1.22. The maximum atomic E-state index is 5.49. The highest BCUT2D eigenvalue weighted by Crippen LogP contribution is 2.26. The molecule has 0 unspecified atom stereocenters. The molecule has 90 valence electrons. The van der Waals surface area contributed by atoms with E-state index in [1.807, 2.05) is 26.8 Å². The van der Waals surface area contributed by atoms with Crippen LogP contribution in [0.2, 0.25) is 0 Å². The summed E-state index contributed by atoms with van der Waals surface area (Å²) in [7, 11) is 0. The fourth-order valence-corrected chi connectivity index (χ4v) is 2.01. The molecule has 0 aliphatic rings. The molecule has 2 rings (SSSR count). The molecule has 5 nitrogen and oxygen atoms in total. The average Bonchev–Trinajstić information content (AvgIpc) is 2.59. The first-order chi connectivity index (χ1) is 8.19. The molecule has 2 heterocycles. The van der Waals surface area contributed by atoms with E-state index in [9.17, 15) is 0 Å². The molecule has 2 aromatic rings. The first-order valence-corrected chi connectivity index (χ1v) is 6.19. The Morgan fingerprint density at radius 2 is 2.18 bits per heavy atom. The standard InChI is InChI=1S/C11H14N4OS/c1-4-12-10-13-6-5-9(15-10)17-11-14-7(2)8(3)16-11/h5-6H,4H2,1-3H3,(H,12,13,15). The van der Waals surface area contributed by atoms with Gasteiger partial charge in [0.1, 0.15) is 10.8 Å². The van der Waals surface area contributed by atoms with Gasteiger partial charge in [-0.3, -0.25) is 0 Å². The number of nitrogens with zero attached hydrogens (tertiary/aromatic N) is 3. The molecule has 1 N–H and O–H groups in total. The number of hydrogen-bond donors (Lipinski definition) is 1. The number of hydrogen-bond acceptors (Lipinski definition) is 6. The molecule has 0 atom stereocenters. The summed E-state index contributed by atoms with van der Waals surface area (Å²) in [5.41, 5.74) is 0.911. The zero-order valence-electron chi connectivity index (χ0n) is 10.0. The van der Waals surface area contributed by atoms with Gasteiger partial charge in [-0.2, -0.15) is 0 Å². The molecular formula is C11H14N4OS. The summed E-state index contributed by atoms with van der Waals surface area (Å²) in [5.74, 6) is 1.46. The topological polar surface area (TPSA) is 63.8 Å². The van der Waals surface area contributed by atoms with E-state index in [1.54, 1.807) is 6.20 Å². The van der Waals surface area contributed by atoms with E-state index < -0.39 is 0 Å². The minimum Gasteiger partial charge on any atom is -0.436 e. The van der Waals surface area contributed by atoms with Crippen LogP contribution in [0.1, 0.15) is 18.4 Å². The van der Waals surface area contributed by atoms with E-state index in [0.29, 0.717) is 11.2 Å². The number of nitrogens with one attached hydrogen (secondary N) is 1. The van der Waals surface area contributed by atoms with Crippen molar-refractivity contribution in [2.45, 2.75) is 31.0 Å². The zero-order valence-corrected chi connectivity index (χ0v) is 10.8. The third-order valence-electron chi connectivity index (χ3n) is 2.17. The van der Waals surface area contributed by atoms with E-state index in [4.69, 9.17) is 4.42 Å². The highest BCUT2D eigenvalue weighted by atomic mass is 32.2. The lowest BCUT2D eigenvalue weighted by atomic mass is 10.4. The molecule has 0 amide bonds. The quantitative estimate of drug-likeness (QED) is 0.842. The Morgan fingerprint density at radius 3 is 2.82 bits per heavy atom. The molecule has 0 saturated heterocycles. The van der Waals surface area contributed by atoms with Crippen molar-refractivity contribution in [3.63, 3.8) is 0 Å². The van der Waals surface area contributed by atoms with E-state index >= 15 is 0 Å². The van der Waals surface area contributed by atoms with Gasteiger partial charge in [0.15, 0.2) is 0 Å². The summed E-state index contributed by atoms with van der Waals surface area (Å²) < 4.78 is 5.49. The summed E-state index contributed by atoms with van der Waals surface area (Å²) in [5, 5.41) is 4.49. The van der Waals surface area contributed by atoms with E-state index in [-0.39, 0.29) is 0 Å². The van der Waals surface area contributed by atoms with Crippen LogP contribution in [-0.4, -0.2) is 21.5 Å². The highest BCUT2D eigenvalue weighted by Gasteiger charge is 2.08. The Bertz CT molecular complexity index is 492. The van der Waals surface area contributed by atoms with Gasteiger partial charge in [-0.25, -0.2) is 15.0 Å². The van der Waals surface area contributed by atoms with Crippen molar-refractivity contribution in [1.82, 2.24) is 15.0 Å². The maximum absolute atomic E-state index is 5.49. The van der Waals surface area contributed by atoms with Gasteiger partial charge in [-0.15, -0.1) is 0 Å². The number of rotatable bonds is 4. The van der Waals surface area contributed by atoms with Gasteiger partial charge in [0.05, 0.1) is 5.69 Å². The van der Waals surface area contributed by atoms with Crippen LogP contribution < -0.4 is 5.32 Å². The van der Waals surface area contributed by atoms with Gasteiger partial charge in [-0.05, 0) is 38.6 Å². The van der Waals surface area contributed by atoms with Gasteiger partial charge >= 0.3 is 0 Å². The normalized spacial score (nSPS) is 10.5. The molecule has 0 aliphatic carbocycles. The van der Waals surface area contributed by atoms with Crippen LogP contribution in [0.4, 0.5) is 5.95 Å². The van der Waals surface area contributed by atoms with Crippen LogP contribution in [0.3, 0.4) is 0 Å². The Balaban J connectivity index is 2.15. The van der Waals surface area contributed by atoms with E-state index in [1.165, 1.54) is 11.8 Å². The van der Waals surface area contributed by atoms with Gasteiger partial charge in [-0.1, -0.05) is 0 Å². The third-order valence-corrected chi connectivity index (χ3v) is 2.95. The summed E-state index contributed by atoms with van der Waals surface area (Å²) in [4.78, 5) is 12.7. The summed E-state index contributed by atoms with van der Waals surface area (Å²) in [6, 6.07) is 1.83. The summed E-state index contributed by atoms with van der Waals surface area (Å²) in [6.45, 7) is 6.62. The van der Waals surface area contributed by atoms with Crippen molar-refractivity contribution in [1.29, 1.82) is 0 Å². The number of oxazole rings is 1. The first kappa shape index (κ1) is 11.9. The van der Waals surface area contributed by atoms with Crippen molar-refractivity contribution in [2.75, 3.05) is 11.9 Å². The van der Waals surface area contributed by atoms with Crippen LogP contribution >= 0.6 is 11.8 Å². The predicted molar refractivity (Wildman–Crippen MR) is 66.3 cm³/mol. The Hall–Kier alpha value is -1.56. The van der Waals surface area contributed by atoms with Gasteiger partial charge in [0, 0.05) is 12.7 Å². The monoisotopic (exact) mass is 250 g/mol. The van der Waals surface area contributed by atoms with Gasteiger partial charge < -0.3 is 9.73 Å². The first-order valence-electron chi connectivity index (χ1n) is 5.38. The molecule has 0 radical (unpaired) electrons. The molecule has 2 aromatic heterocycles. The maximum Gasteiger partial charge on any atom is 0.262 e.